The highest BCUT2D eigenvalue weighted by molar-refractivity contribution is 8.00. The minimum atomic E-state index is -3.85. The molecule has 6 heteroatoms. The van der Waals surface area contributed by atoms with Crippen LogP contribution in [0.4, 0.5) is 0 Å². The number of sulfonamides is 1. The van der Waals surface area contributed by atoms with Crippen molar-refractivity contribution in [2.45, 2.75) is 14.7 Å². The molecular weight excluding hydrogens is 352 g/mol. The van der Waals surface area contributed by atoms with Crippen LogP contribution in [0.5, 0.6) is 0 Å². The van der Waals surface area contributed by atoms with Crippen LogP contribution in [-0.4, -0.2) is 8.42 Å². The van der Waals surface area contributed by atoms with Gasteiger partial charge >= 0.3 is 0 Å². The van der Waals surface area contributed by atoms with Gasteiger partial charge in [0.15, 0.2) is 0 Å². The van der Waals surface area contributed by atoms with E-state index >= 15 is 0 Å². The molecule has 0 unspecified atom stereocenters. The molecule has 0 radical (unpaired) electrons. The molecule has 25 heavy (non-hydrogen) atoms. The van der Waals surface area contributed by atoms with Gasteiger partial charge in [-0.25, -0.2) is 0 Å². The molecule has 0 heterocycles. The lowest BCUT2D eigenvalue weighted by molar-refractivity contribution is 0.598. The molecule has 0 aliphatic carbocycles. The quantitative estimate of drug-likeness (QED) is 0.696. The Morgan fingerprint density at radius 2 is 1.24 bits per heavy atom. The van der Waals surface area contributed by atoms with E-state index in [9.17, 15) is 8.42 Å². The minimum absolute atomic E-state index is 0.0795. The first-order chi connectivity index (χ1) is 12.1. The Bertz CT molecular complexity index is 997. The molecular formula is C19H14N2O2S2. The van der Waals surface area contributed by atoms with Crippen LogP contribution in [0.15, 0.2) is 103 Å². The summed E-state index contributed by atoms with van der Waals surface area (Å²) in [6.07, 6.45) is 0. The molecule has 0 bridgehead atoms. The topological polar surface area (TPSA) is 70.3 Å². The first-order valence-electron chi connectivity index (χ1n) is 7.43. The maximum atomic E-state index is 12.7. The predicted octanol–water partition coefficient (Wildman–Crippen LogP) is 4.17. The van der Waals surface area contributed by atoms with E-state index in [0.717, 1.165) is 9.79 Å². The van der Waals surface area contributed by atoms with Crippen molar-refractivity contribution in [3.8, 4) is 6.07 Å². The molecule has 3 aromatic rings. The van der Waals surface area contributed by atoms with Gasteiger partial charge in [-0.05, 0) is 59.2 Å². The molecule has 0 saturated carbocycles. The third-order valence-electron chi connectivity index (χ3n) is 3.39. The van der Waals surface area contributed by atoms with E-state index in [1.165, 1.54) is 24.3 Å². The van der Waals surface area contributed by atoms with Gasteiger partial charge < -0.3 is 0 Å². The van der Waals surface area contributed by atoms with Crippen LogP contribution in [0.2, 0.25) is 0 Å². The summed E-state index contributed by atoms with van der Waals surface area (Å²) >= 11 is 0. The Kier molecular flexibility index (Phi) is 5.08. The predicted molar refractivity (Wildman–Crippen MR) is 97.6 cm³/mol. The molecule has 0 amide bonds. The van der Waals surface area contributed by atoms with E-state index in [1.807, 2.05) is 66.7 Å². The molecule has 0 aliphatic heterocycles. The van der Waals surface area contributed by atoms with Crippen LogP contribution >= 0.6 is 0 Å². The van der Waals surface area contributed by atoms with Crippen molar-refractivity contribution < 1.29 is 8.42 Å². The zero-order chi connectivity index (χ0) is 17.7. The lowest BCUT2D eigenvalue weighted by Crippen LogP contribution is -2.02. The lowest BCUT2D eigenvalue weighted by Gasteiger charge is -2.09. The van der Waals surface area contributed by atoms with Gasteiger partial charge in [0.25, 0.3) is 10.0 Å². The molecule has 0 aromatic heterocycles. The zero-order valence-electron chi connectivity index (χ0n) is 13.1. The molecule has 3 aromatic carbocycles. The molecule has 124 valence electrons. The molecule has 0 spiro atoms. The van der Waals surface area contributed by atoms with Gasteiger partial charge in [-0.3, -0.25) is 0 Å². The molecule has 0 fully saturated rings. The number of rotatable bonds is 4. The normalized spacial score (nSPS) is 11.0. The van der Waals surface area contributed by atoms with Gasteiger partial charge in [0.05, 0.1) is 16.5 Å². The fraction of sp³-hybridized carbons (Fsp3) is 0. The van der Waals surface area contributed by atoms with Crippen molar-refractivity contribution >= 4 is 20.7 Å². The summed E-state index contributed by atoms with van der Waals surface area (Å²) in [5, 5.41) is 8.85. The molecule has 0 N–H and O–H groups in total. The van der Waals surface area contributed by atoms with Crippen LogP contribution in [0, 0.1) is 11.3 Å². The summed E-state index contributed by atoms with van der Waals surface area (Å²) in [6.45, 7) is 0. The Hall–Kier alpha value is -2.75. The second-order valence-electron chi connectivity index (χ2n) is 5.10. The second-order valence-corrected chi connectivity index (χ2v) is 8.63. The SMILES string of the molecule is N#Cc1ccc(S(=O)(=O)N=S(c2ccccc2)c2ccccc2)cc1. The largest absolute Gasteiger partial charge is 0.288 e. The van der Waals surface area contributed by atoms with E-state index in [0.29, 0.717) is 5.56 Å². The maximum Gasteiger partial charge on any atom is 0.288 e. The van der Waals surface area contributed by atoms with Gasteiger partial charge in [0.2, 0.25) is 0 Å². The van der Waals surface area contributed by atoms with Crippen molar-refractivity contribution in [3.63, 3.8) is 0 Å². The number of hydrogen-bond acceptors (Lipinski definition) is 3. The average molecular weight is 366 g/mol. The van der Waals surface area contributed by atoms with E-state index < -0.39 is 20.7 Å². The minimum Gasteiger partial charge on any atom is -0.199 e. The Balaban J connectivity index is 2.13. The first kappa shape index (κ1) is 17.1. The third-order valence-corrected chi connectivity index (χ3v) is 7.07. The molecule has 0 aliphatic rings. The Morgan fingerprint density at radius 1 is 0.760 bits per heavy atom. The standard InChI is InChI=1S/C19H14N2O2S2/c20-15-16-11-13-19(14-12-16)25(22,23)21-24(17-7-3-1-4-8-17)18-9-5-2-6-10-18/h1-14H. The van der Waals surface area contributed by atoms with Crippen molar-refractivity contribution in [2.75, 3.05) is 0 Å². The highest BCUT2D eigenvalue weighted by Crippen LogP contribution is 2.23. The van der Waals surface area contributed by atoms with Crippen molar-refractivity contribution in [3.05, 3.63) is 90.5 Å². The highest BCUT2D eigenvalue weighted by Gasteiger charge is 2.16. The second kappa shape index (κ2) is 7.43. The summed E-state index contributed by atoms with van der Waals surface area (Å²) in [6, 6.07) is 26.4. The first-order valence-corrected chi connectivity index (χ1v) is 10.0. The summed E-state index contributed by atoms with van der Waals surface area (Å²) < 4.78 is 29.7. The third kappa shape index (κ3) is 4.02. The smallest absolute Gasteiger partial charge is 0.199 e. The Morgan fingerprint density at radius 3 is 1.68 bits per heavy atom. The number of benzene rings is 3. The van der Waals surface area contributed by atoms with E-state index in [2.05, 4.69) is 3.77 Å². The van der Waals surface area contributed by atoms with Gasteiger partial charge in [-0.1, -0.05) is 36.4 Å². The maximum absolute atomic E-state index is 12.7. The van der Waals surface area contributed by atoms with Crippen LogP contribution in [0.3, 0.4) is 0 Å². The van der Waals surface area contributed by atoms with E-state index in [-0.39, 0.29) is 4.90 Å². The Labute approximate surface area is 149 Å². The van der Waals surface area contributed by atoms with Crippen molar-refractivity contribution in [1.82, 2.24) is 0 Å². The van der Waals surface area contributed by atoms with Gasteiger partial charge in [-0.2, -0.15) is 13.7 Å². The van der Waals surface area contributed by atoms with Crippen LogP contribution in [-0.2, 0) is 20.7 Å². The molecule has 0 atom stereocenters. The fourth-order valence-corrected chi connectivity index (χ4v) is 5.56. The lowest BCUT2D eigenvalue weighted by atomic mass is 10.2. The number of hydrogen-bond donors (Lipinski definition) is 0. The summed E-state index contributed by atoms with van der Waals surface area (Å²) in [5.41, 5.74) is 0.407. The highest BCUT2D eigenvalue weighted by atomic mass is 32.3. The summed E-state index contributed by atoms with van der Waals surface area (Å²) in [4.78, 5) is 1.73. The molecule has 4 nitrogen and oxygen atoms in total. The van der Waals surface area contributed by atoms with Crippen molar-refractivity contribution in [2.24, 2.45) is 3.77 Å². The monoisotopic (exact) mass is 366 g/mol. The van der Waals surface area contributed by atoms with Gasteiger partial charge in [-0.15, -0.1) is 3.77 Å². The van der Waals surface area contributed by atoms with E-state index in [1.54, 1.807) is 0 Å². The zero-order valence-corrected chi connectivity index (χ0v) is 14.7. The van der Waals surface area contributed by atoms with Gasteiger partial charge in [0.1, 0.15) is 0 Å². The molecule has 3 rings (SSSR count). The molecule has 0 saturated heterocycles. The summed E-state index contributed by atoms with van der Waals surface area (Å²) in [7, 11) is -4.81. The van der Waals surface area contributed by atoms with E-state index in [4.69, 9.17) is 5.26 Å². The van der Waals surface area contributed by atoms with Crippen LogP contribution in [0.1, 0.15) is 5.56 Å². The fourth-order valence-electron chi connectivity index (χ4n) is 2.16. The summed E-state index contributed by atoms with van der Waals surface area (Å²) in [5.74, 6) is 0. The average Bonchev–Trinajstić information content (AvgIpc) is 2.67. The van der Waals surface area contributed by atoms with Crippen LogP contribution in [0.25, 0.3) is 0 Å². The van der Waals surface area contributed by atoms with Crippen molar-refractivity contribution in [1.29, 1.82) is 5.26 Å². The number of nitrogens with zero attached hydrogens (tertiary/aromatic N) is 2. The number of nitriles is 1. The van der Waals surface area contributed by atoms with Crippen LogP contribution < -0.4 is 0 Å². The van der Waals surface area contributed by atoms with Gasteiger partial charge in [0, 0.05) is 9.79 Å².